The molecule has 1 aliphatic heterocycles. The molecule has 0 N–H and O–H groups in total. The molecule has 0 aromatic heterocycles. The van der Waals surface area contributed by atoms with Gasteiger partial charge in [0.25, 0.3) is 0 Å². The molecular formula is C15H27NO2. The average molecular weight is 253 g/mol. The van der Waals surface area contributed by atoms with E-state index < -0.39 is 0 Å². The zero-order chi connectivity index (χ0) is 13.0. The lowest BCUT2D eigenvalue weighted by Crippen LogP contribution is -2.59. The van der Waals surface area contributed by atoms with Crippen molar-refractivity contribution in [3.05, 3.63) is 0 Å². The normalized spacial score (nSPS) is 34.2. The van der Waals surface area contributed by atoms with E-state index in [2.05, 4.69) is 11.8 Å². The Kier molecular flexibility index (Phi) is 4.66. The predicted molar refractivity (Wildman–Crippen MR) is 72.4 cm³/mol. The van der Waals surface area contributed by atoms with Crippen molar-refractivity contribution in [2.75, 3.05) is 19.7 Å². The van der Waals surface area contributed by atoms with Crippen molar-refractivity contribution in [1.29, 1.82) is 0 Å². The summed E-state index contributed by atoms with van der Waals surface area (Å²) in [5.41, 5.74) is -0.298. The highest BCUT2D eigenvalue weighted by molar-refractivity contribution is 5.81. The molecule has 0 amide bonds. The van der Waals surface area contributed by atoms with Crippen LogP contribution in [-0.2, 0) is 9.53 Å². The Morgan fingerprint density at radius 1 is 1.28 bits per heavy atom. The van der Waals surface area contributed by atoms with Crippen molar-refractivity contribution in [3.8, 4) is 0 Å². The molecule has 3 heteroatoms. The molecule has 2 atom stereocenters. The zero-order valence-electron chi connectivity index (χ0n) is 11.9. The lowest BCUT2D eigenvalue weighted by molar-refractivity contribution is -0.163. The van der Waals surface area contributed by atoms with E-state index in [9.17, 15) is 4.79 Å². The number of esters is 1. The maximum atomic E-state index is 12.5. The summed E-state index contributed by atoms with van der Waals surface area (Å²) >= 11 is 0. The Balaban J connectivity index is 2.17. The van der Waals surface area contributed by atoms with Gasteiger partial charge in [-0.15, -0.1) is 0 Å². The molecule has 2 fully saturated rings. The fraction of sp³-hybridized carbons (Fsp3) is 0.933. The third kappa shape index (κ3) is 2.71. The smallest absolute Gasteiger partial charge is 0.326 e. The number of hydrogen-bond acceptors (Lipinski definition) is 3. The monoisotopic (exact) mass is 253 g/mol. The van der Waals surface area contributed by atoms with Crippen LogP contribution < -0.4 is 0 Å². The first-order valence-electron chi connectivity index (χ1n) is 7.61. The standard InChI is InChI=1S/C15H27NO2/c1-3-18-14(17)15(9-7-8-13(2)12-15)16-10-5-4-6-11-16/h13H,3-12H2,1-2H3/t13-,15+/m1/s1. The van der Waals surface area contributed by atoms with Crippen LogP contribution in [0.5, 0.6) is 0 Å². The van der Waals surface area contributed by atoms with E-state index in [1.807, 2.05) is 6.92 Å². The first-order chi connectivity index (χ1) is 8.69. The van der Waals surface area contributed by atoms with Crippen LogP contribution in [0, 0.1) is 5.92 Å². The number of carbonyl (C=O) groups is 1. The number of likely N-dealkylation sites (tertiary alicyclic amines) is 1. The van der Waals surface area contributed by atoms with Gasteiger partial charge >= 0.3 is 5.97 Å². The van der Waals surface area contributed by atoms with Gasteiger partial charge in [0.05, 0.1) is 6.61 Å². The minimum atomic E-state index is -0.298. The lowest BCUT2D eigenvalue weighted by Gasteiger charge is -2.47. The molecule has 0 aromatic rings. The molecule has 1 aliphatic carbocycles. The molecule has 104 valence electrons. The molecule has 1 saturated carbocycles. The van der Waals surface area contributed by atoms with Crippen LogP contribution in [-0.4, -0.2) is 36.1 Å². The van der Waals surface area contributed by atoms with Crippen LogP contribution in [0.3, 0.4) is 0 Å². The number of rotatable bonds is 3. The van der Waals surface area contributed by atoms with Crippen molar-refractivity contribution < 1.29 is 9.53 Å². The van der Waals surface area contributed by atoms with Gasteiger partial charge in [0.1, 0.15) is 5.54 Å². The minimum absolute atomic E-state index is 0.0402. The summed E-state index contributed by atoms with van der Waals surface area (Å²) < 4.78 is 5.41. The van der Waals surface area contributed by atoms with E-state index >= 15 is 0 Å². The van der Waals surface area contributed by atoms with Crippen LogP contribution in [0.2, 0.25) is 0 Å². The molecule has 2 aliphatic rings. The highest BCUT2D eigenvalue weighted by atomic mass is 16.5. The predicted octanol–water partition coefficient (Wildman–Crippen LogP) is 2.98. The second-order valence-electron chi connectivity index (χ2n) is 6.00. The molecule has 3 nitrogen and oxygen atoms in total. The van der Waals surface area contributed by atoms with Gasteiger partial charge in [-0.2, -0.15) is 0 Å². The summed E-state index contributed by atoms with van der Waals surface area (Å²) in [6, 6.07) is 0. The number of piperidine rings is 1. The van der Waals surface area contributed by atoms with Crippen LogP contribution in [0.1, 0.15) is 58.8 Å². The molecule has 1 heterocycles. The maximum absolute atomic E-state index is 12.5. The van der Waals surface area contributed by atoms with Gasteiger partial charge in [0.2, 0.25) is 0 Å². The van der Waals surface area contributed by atoms with E-state index in [0.29, 0.717) is 12.5 Å². The van der Waals surface area contributed by atoms with Gasteiger partial charge in [-0.25, -0.2) is 0 Å². The van der Waals surface area contributed by atoms with Gasteiger partial charge in [-0.3, -0.25) is 9.69 Å². The second kappa shape index (κ2) is 6.05. The van der Waals surface area contributed by atoms with Crippen LogP contribution in [0.4, 0.5) is 0 Å². The maximum Gasteiger partial charge on any atom is 0.326 e. The highest BCUT2D eigenvalue weighted by Gasteiger charge is 2.47. The van der Waals surface area contributed by atoms with E-state index in [0.717, 1.165) is 32.4 Å². The van der Waals surface area contributed by atoms with Crippen molar-refractivity contribution in [2.45, 2.75) is 64.3 Å². The Morgan fingerprint density at radius 3 is 2.61 bits per heavy atom. The Bertz CT molecular complexity index is 286. The summed E-state index contributed by atoms with van der Waals surface area (Å²) in [5.74, 6) is 0.684. The Labute approximate surface area is 111 Å². The van der Waals surface area contributed by atoms with E-state index in [1.54, 1.807) is 0 Å². The molecule has 1 saturated heterocycles. The fourth-order valence-corrected chi connectivity index (χ4v) is 3.71. The fourth-order valence-electron chi connectivity index (χ4n) is 3.71. The van der Waals surface area contributed by atoms with Gasteiger partial charge < -0.3 is 4.74 Å². The van der Waals surface area contributed by atoms with E-state index in [-0.39, 0.29) is 11.5 Å². The highest BCUT2D eigenvalue weighted by Crippen LogP contribution is 2.39. The average Bonchev–Trinajstić information content (AvgIpc) is 2.40. The molecule has 0 bridgehead atoms. The van der Waals surface area contributed by atoms with Crippen LogP contribution >= 0.6 is 0 Å². The molecule has 2 rings (SSSR count). The molecule has 0 aromatic carbocycles. The summed E-state index contributed by atoms with van der Waals surface area (Å²) in [7, 11) is 0. The second-order valence-corrected chi connectivity index (χ2v) is 6.00. The summed E-state index contributed by atoms with van der Waals surface area (Å²) in [6.45, 7) is 6.84. The van der Waals surface area contributed by atoms with E-state index in [1.165, 1.54) is 25.7 Å². The number of hydrogen-bond donors (Lipinski definition) is 0. The van der Waals surface area contributed by atoms with Crippen molar-refractivity contribution >= 4 is 5.97 Å². The van der Waals surface area contributed by atoms with Gasteiger partial charge in [-0.1, -0.05) is 26.2 Å². The molecule has 0 unspecified atom stereocenters. The Hall–Kier alpha value is -0.570. The topological polar surface area (TPSA) is 29.5 Å². The van der Waals surface area contributed by atoms with Crippen LogP contribution in [0.25, 0.3) is 0 Å². The molecular weight excluding hydrogens is 226 g/mol. The van der Waals surface area contributed by atoms with Crippen molar-refractivity contribution in [3.63, 3.8) is 0 Å². The van der Waals surface area contributed by atoms with Crippen LogP contribution in [0.15, 0.2) is 0 Å². The van der Waals surface area contributed by atoms with Gasteiger partial charge in [0, 0.05) is 0 Å². The summed E-state index contributed by atoms with van der Waals surface area (Å²) in [5, 5.41) is 0. The van der Waals surface area contributed by atoms with Gasteiger partial charge in [-0.05, 0) is 51.6 Å². The Morgan fingerprint density at radius 2 is 2.00 bits per heavy atom. The number of nitrogens with zero attached hydrogens (tertiary/aromatic N) is 1. The SMILES string of the molecule is CCOC(=O)[C@]1(N2CCCCC2)CCC[C@@H](C)C1. The molecule has 0 spiro atoms. The summed E-state index contributed by atoms with van der Waals surface area (Å²) in [4.78, 5) is 14.9. The van der Waals surface area contributed by atoms with Gasteiger partial charge in [0.15, 0.2) is 0 Å². The quantitative estimate of drug-likeness (QED) is 0.724. The number of carbonyl (C=O) groups excluding carboxylic acids is 1. The van der Waals surface area contributed by atoms with Crippen molar-refractivity contribution in [1.82, 2.24) is 4.90 Å². The zero-order valence-corrected chi connectivity index (χ0v) is 11.9. The third-order valence-electron chi connectivity index (χ3n) is 4.59. The first kappa shape index (κ1) is 13.9. The lowest BCUT2D eigenvalue weighted by atomic mass is 9.74. The minimum Gasteiger partial charge on any atom is -0.465 e. The summed E-state index contributed by atoms with van der Waals surface area (Å²) in [6.07, 6.45) is 8.18. The first-order valence-corrected chi connectivity index (χ1v) is 7.61. The molecule has 0 radical (unpaired) electrons. The van der Waals surface area contributed by atoms with Crippen molar-refractivity contribution in [2.24, 2.45) is 5.92 Å². The van der Waals surface area contributed by atoms with E-state index in [4.69, 9.17) is 4.74 Å². The third-order valence-corrected chi connectivity index (χ3v) is 4.59. The molecule has 18 heavy (non-hydrogen) atoms. The number of ether oxygens (including phenoxy) is 1. The largest absolute Gasteiger partial charge is 0.465 e.